The molecule has 6 heteroatoms. The van der Waals surface area contributed by atoms with Crippen LogP contribution in [0, 0.1) is 11.6 Å². The lowest BCUT2D eigenvalue weighted by molar-refractivity contribution is -0.143. The molecule has 1 aromatic rings. The van der Waals surface area contributed by atoms with Gasteiger partial charge in [-0.15, -0.1) is 0 Å². The van der Waals surface area contributed by atoms with Crippen molar-refractivity contribution in [3.05, 3.63) is 35.4 Å². The molecule has 0 saturated heterocycles. The maximum absolute atomic E-state index is 13.2. The number of nitrogens with one attached hydrogen (secondary N) is 1. The molecule has 1 aromatic carbocycles. The third kappa shape index (κ3) is 4.48. The predicted octanol–water partition coefficient (Wildman–Crippen LogP) is 1.19. The largest absolute Gasteiger partial charge is 0.469 e. The average Bonchev–Trinajstić information content (AvgIpc) is 2.31. The molecule has 0 bridgehead atoms. The zero-order valence-electron chi connectivity index (χ0n) is 9.83. The first-order valence-electron chi connectivity index (χ1n) is 5.30. The van der Waals surface area contributed by atoms with Crippen LogP contribution in [0.5, 0.6) is 0 Å². The van der Waals surface area contributed by atoms with Gasteiger partial charge in [0.1, 0.15) is 18.1 Å². The summed E-state index contributed by atoms with van der Waals surface area (Å²) >= 11 is 0. The molecule has 0 fully saturated rings. The Bertz CT molecular complexity index is 449. The molecule has 0 aliphatic carbocycles. The SMILES string of the molecule is COC(=O)CC(=O)NCCc1ccc(F)cc1F. The zero-order chi connectivity index (χ0) is 13.5. The summed E-state index contributed by atoms with van der Waals surface area (Å²) in [6.45, 7) is 0.165. The van der Waals surface area contributed by atoms with Crippen molar-refractivity contribution in [2.75, 3.05) is 13.7 Å². The van der Waals surface area contributed by atoms with Crippen LogP contribution in [-0.4, -0.2) is 25.5 Å². The predicted molar refractivity (Wildman–Crippen MR) is 59.7 cm³/mol. The lowest BCUT2D eigenvalue weighted by Crippen LogP contribution is -2.28. The van der Waals surface area contributed by atoms with Gasteiger partial charge in [0.05, 0.1) is 7.11 Å². The van der Waals surface area contributed by atoms with Crippen LogP contribution in [0.25, 0.3) is 0 Å². The van der Waals surface area contributed by atoms with Gasteiger partial charge >= 0.3 is 5.97 Å². The molecule has 0 heterocycles. The van der Waals surface area contributed by atoms with Crippen molar-refractivity contribution in [3.63, 3.8) is 0 Å². The first-order chi connectivity index (χ1) is 8.52. The summed E-state index contributed by atoms with van der Waals surface area (Å²) in [6.07, 6.45) is -0.151. The van der Waals surface area contributed by atoms with E-state index in [1.807, 2.05) is 0 Å². The van der Waals surface area contributed by atoms with Crippen molar-refractivity contribution in [3.8, 4) is 0 Å². The summed E-state index contributed by atoms with van der Waals surface area (Å²) in [5.41, 5.74) is 0.301. The van der Waals surface area contributed by atoms with Gasteiger partial charge in [-0.3, -0.25) is 9.59 Å². The first kappa shape index (κ1) is 14.1. The minimum Gasteiger partial charge on any atom is -0.469 e. The fraction of sp³-hybridized carbons (Fsp3) is 0.333. The quantitative estimate of drug-likeness (QED) is 0.636. The number of ether oxygens (including phenoxy) is 1. The van der Waals surface area contributed by atoms with E-state index in [-0.39, 0.29) is 19.4 Å². The highest BCUT2D eigenvalue weighted by Gasteiger charge is 2.09. The number of amides is 1. The smallest absolute Gasteiger partial charge is 0.315 e. The Hall–Kier alpha value is -1.98. The third-order valence-corrected chi connectivity index (χ3v) is 2.26. The maximum atomic E-state index is 13.2. The Kier molecular flexibility index (Phi) is 5.23. The number of benzene rings is 1. The molecule has 0 aliphatic rings. The fourth-order valence-electron chi connectivity index (χ4n) is 1.33. The average molecular weight is 257 g/mol. The van der Waals surface area contributed by atoms with E-state index in [2.05, 4.69) is 10.1 Å². The summed E-state index contributed by atoms with van der Waals surface area (Å²) in [4.78, 5) is 21.9. The molecule has 98 valence electrons. The normalized spacial score (nSPS) is 9.94. The Morgan fingerprint density at radius 2 is 2.06 bits per heavy atom. The van der Waals surface area contributed by atoms with Crippen molar-refractivity contribution >= 4 is 11.9 Å². The molecule has 0 saturated carbocycles. The van der Waals surface area contributed by atoms with Crippen molar-refractivity contribution in [1.29, 1.82) is 0 Å². The van der Waals surface area contributed by atoms with Gasteiger partial charge in [-0.2, -0.15) is 0 Å². The summed E-state index contributed by atoms with van der Waals surface area (Å²) in [5, 5.41) is 2.44. The van der Waals surface area contributed by atoms with E-state index in [9.17, 15) is 18.4 Å². The summed E-state index contributed by atoms with van der Waals surface area (Å²) in [5.74, 6) is -2.44. The Morgan fingerprint density at radius 3 is 2.67 bits per heavy atom. The van der Waals surface area contributed by atoms with Gasteiger partial charge in [0, 0.05) is 12.6 Å². The minimum absolute atomic E-state index is 0.165. The van der Waals surface area contributed by atoms with E-state index in [0.29, 0.717) is 5.56 Å². The van der Waals surface area contributed by atoms with E-state index in [1.54, 1.807) is 0 Å². The molecule has 18 heavy (non-hydrogen) atoms. The van der Waals surface area contributed by atoms with Crippen molar-refractivity contribution < 1.29 is 23.1 Å². The van der Waals surface area contributed by atoms with E-state index >= 15 is 0 Å². The number of hydrogen-bond acceptors (Lipinski definition) is 3. The molecule has 0 unspecified atom stereocenters. The number of methoxy groups -OCH3 is 1. The standard InChI is InChI=1S/C12H13F2NO3/c1-18-12(17)7-11(16)15-5-4-8-2-3-9(13)6-10(8)14/h2-3,6H,4-5,7H2,1H3,(H,15,16). The van der Waals surface area contributed by atoms with Crippen LogP contribution in [0.3, 0.4) is 0 Å². The van der Waals surface area contributed by atoms with Crippen LogP contribution in [0.4, 0.5) is 8.78 Å². The van der Waals surface area contributed by atoms with Gasteiger partial charge in [0.2, 0.25) is 5.91 Å². The first-order valence-corrected chi connectivity index (χ1v) is 5.30. The summed E-state index contributed by atoms with van der Waals surface area (Å²) < 4.78 is 30.1. The third-order valence-electron chi connectivity index (χ3n) is 2.26. The number of carbonyl (C=O) groups is 2. The lowest BCUT2D eigenvalue weighted by atomic mass is 10.1. The Balaban J connectivity index is 2.37. The molecule has 0 spiro atoms. The summed E-state index contributed by atoms with van der Waals surface area (Å²) in [6, 6.07) is 3.25. The van der Waals surface area contributed by atoms with E-state index in [4.69, 9.17) is 0 Å². The molecule has 1 rings (SSSR count). The molecule has 0 atom stereocenters. The molecule has 0 radical (unpaired) electrons. The highest BCUT2D eigenvalue weighted by molar-refractivity contribution is 5.94. The lowest BCUT2D eigenvalue weighted by Gasteiger charge is -2.05. The topological polar surface area (TPSA) is 55.4 Å². The molecule has 1 N–H and O–H groups in total. The fourth-order valence-corrected chi connectivity index (χ4v) is 1.33. The monoisotopic (exact) mass is 257 g/mol. The number of esters is 1. The van der Waals surface area contributed by atoms with Gasteiger partial charge < -0.3 is 10.1 Å². The number of halogens is 2. The molecule has 4 nitrogen and oxygen atoms in total. The van der Waals surface area contributed by atoms with Gasteiger partial charge in [-0.05, 0) is 18.1 Å². The van der Waals surface area contributed by atoms with Crippen LogP contribution in [-0.2, 0) is 20.7 Å². The molecule has 0 aliphatic heterocycles. The Labute approximate surface area is 103 Å². The van der Waals surface area contributed by atoms with Crippen LogP contribution >= 0.6 is 0 Å². The molecular weight excluding hydrogens is 244 g/mol. The van der Waals surface area contributed by atoms with Crippen molar-refractivity contribution in [2.45, 2.75) is 12.8 Å². The van der Waals surface area contributed by atoms with Gasteiger partial charge in [-0.1, -0.05) is 6.07 Å². The Morgan fingerprint density at radius 1 is 1.33 bits per heavy atom. The van der Waals surface area contributed by atoms with Crippen molar-refractivity contribution in [1.82, 2.24) is 5.32 Å². The van der Waals surface area contributed by atoms with Gasteiger partial charge in [0.25, 0.3) is 0 Å². The van der Waals surface area contributed by atoms with Crippen LogP contribution in [0.15, 0.2) is 18.2 Å². The van der Waals surface area contributed by atoms with Crippen LogP contribution in [0.2, 0.25) is 0 Å². The number of rotatable bonds is 5. The molecule has 1 amide bonds. The van der Waals surface area contributed by atoms with Gasteiger partial charge in [-0.25, -0.2) is 8.78 Å². The highest BCUT2D eigenvalue weighted by Crippen LogP contribution is 2.09. The van der Waals surface area contributed by atoms with E-state index in [0.717, 1.165) is 12.1 Å². The zero-order valence-corrected chi connectivity index (χ0v) is 9.83. The van der Waals surface area contributed by atoms with E-state index < -0.39 is 23.5 Å². The second kappa shape index (κ2) is 6.68. The number of hydrogen-bond donors (Lipinski definition) is 1. The van der Waals surface area contributed by atoms with Gasteiger partial charge in [0.15, 0.2) is 0 Å². The second-order valence-corrected chi connectivity index (χ2v) is 3.59. The second-order valence-electron chi connectivity index (χ2n) is 3.59. The minimum atomic E-state index is -0.655. The molecule has 0 aromatic heterocycles. The number of carbonyl (C=O) groups excluding carboxylic acids is 2. The summed E-state index contributed by atoms with van der Waals surface area (Å²) in [7, 11) is 1.18. The van der Waals surface area contributed by atoms with Crippen LogP contribution in [0.1, 0.15) is 12.0 Å². The van der Waals surface area contributed by atoms with Crippen molar-refractivity contribution in [2.24, 2.45) is 0 Å². The maximum Gasteiger partial charge on any atom is 0.315 e. The highest BCUT2D eigenvalue weighted by atomic mass is 19.1. The molecular formula is C12H13F2NO3. The van der Waals surface area contributed by atoms with Crippen LogP contribution < -0.4 is 5.32 Å². The van der Waals surface area contributed by atoms with E-state index in [1.165, 1.54) is 13.2 Å².